The van der Waals surface area contributed by atoms with Crippen molar-refractivity contribution in [1.82, 2.24) is 15.5 Å². The Morgan fingerprint density at radius 3 is 2.02 bits per heavy atom. The molecular weight excluding hydrogens is 716 g/mol. The van der Waals surface area contributed by atoms with Crippen molar-refractivity contribution >= 4 is 47.5 Å². The SMILES string of the molecule is CCC(=O)OC[C@H]1O[C@H](OC(=O)CC)[C@H](NC(C)=O)[C@@H](OC(C)CN(C(=O)CC[C@@H](NC(=O)[C@H](C)N)C(N)=O)[C@@H](CCCCN)C(=O)O)[C@@H]1OC(=O)CC. The molecule has 4 amide bonds. The summed E-state index contributed by atoms with van der Waals surface area (Å²) >= 11 is 0. The summed E-state index contributed by atoms with van der Waals surface area (Å²) in [6.45, 7) is 8.08. The quantitative estimate of drug-likeness (QED) is 0.0378. The zero-order chi connectivity index (χ0) is 41.1. The van der Waals surface area contributed by atoms with E-state index in [0.717, 1.165) is 4.90 Å². The molecule has 0 aromatic rings. The molecule has 1 fully saturated rings. The van der Waals surface area contributed by atoms with E-state index in [0.29, 0.717) is 12.8 Å². The summed E-state index contributed by atoms with van der Waals surface area (Å²) in [5.41, 5.74) is 16.7. The smallest absolute Gasteiger partial charge is 0.326 e. The van der Waals surface area contributed by atoms with Gasteiger partial charge in [-0.3, -0.25) is 33.6 Å². The molecule has 0 radical (unpaired) electrons. The summed E-state index contributed by atoms with van der Waals surface area (Å²) in [7, 11) is 0. The second-order valence-electron chi connectivity index (χ2n) is 12.8. The lowest BCUT2D eigenvalue weighted by Gasteiger charge is -2.46. The number of nitrogens with one attached hydrogen (secondary N) is 2. The van der Waals surface area contributed by atoms with Crippen LogP contribution in [0, 0.1) is 0 Å². The Bertz CT molecular complexity index is 1300. The van der Waals surface area contributed by atoms with Gasteiger partial charge in [0.1, 0.15) is 36.9 Å². The Balaban J connectivity index is 3.66. The number of ether oxygens (including phenoxy) is 5. The molecule has 0 aliphatic carbocycles. The minimum Gasteiger partial charge on any atom is -0.480 e. The average Bonchev–Trinajstić information content (AvgIpc) is 3.11. The number of esters is 3. The fourth-order valence-corrected chi connectivity index (χ4v) is 5.44. The molecule has 1 rings (SSSR count). The van der Waals surface area contributed by atoms with E-state index in [-0.39, 0.29) is 45.2 Å². The molecule has 1 aliphatic heterocycles. The second kappa shape index (κ2) is 24.1. The maximum atomic E-state index is 13.8. The standard InChI is InChI=1S/C34H58N6O14/c1-7-25(43)50-17-23-29(53-26(44)8-2)30(28(38-20(6)41)34(52-23)54-27(45)9-3)51-18(4)16-40(22(33(48)49)12-10-11-15-35)24(42)14-13-21(31(37)46)39-32(47)19(5)36/h18-19,21-23,28-30,34H,7-17,35-36H2,1-6H3,(H2,37,46)(H,38,41)(H,39,47)(H,48,49)/t18?,19-,21+,22-,23+,28+,29+,30+,34+/m0/s1. The number of unbranched alkanes of at least 4 members (excludes halogenated alkanes) is 1. The number of carboxylic acids is 1. The monoisotopic (exact) mass is 774 g/mol. The van der Waals surface area contributed by atoms with Crippen LogP contribution in [0.1, 0.15) is 92.9 Å². The van der Waals surface area contributed by atoms with Gasteiger partial charge in [-0.2, -0.15) is 0 Å². The molecule has 0 aromatic carbocycles. The number of primary amides is 1. The normalized spacial score (nSPS) is 21.7. The van der Waals surface area contributed by atoms with E-state index in [1.54, 1.807) is 6.92 Å². The van der Waals surface area contributed by atoms with Crippen molar-refractivity contribution in [3.63, 3.8) is 0 Å². The van der Waals surface area contributed by atoms with Crippen LogP contribution in [0.2, 0.25) is 0 Å². The van der Waals surface area contributed by atoms with Gasteiger partial charge >= 0.3 is 23.9 Å². The van der Waals surface area contributed by atoms with Gasteiger partial charge in [0.15, 0.2) is 6.10 Å². The summed E-state index contributed by atoms with van der Waals surface area (Å²) in [5, 5.41) is 15.2. The summed E-state index contributed by atoms with van der Waals surface area (Å²) in [4.78, 5) is 102. The number of hydrogen-bond acceptors (Lipinski definition) is 15. The highest BCUT2D eigenvalue weighted by Gasteiger charge is 2.52. The van der Waals surface area contributed by atoms with Gasteiger partial charge in [0.05, 0.1) is 12.1 Å². The molecule has 1 saturated heterocycles. The Labute approximate surface area is 314 Å². The van der Waals surface area contributed by atoms with E-state index in [1.165, 1.54) is 34.6 Å². The van der Waals surface area contributed by atoms with Crippen LogP contribution in [-0.2, 0) is 62.0 Å². The molecule has 308 valence electrons. The van der Waals surface area contributed by atoms with Crippen molar-refractivity contribution in [3.05, 3.63) is 0 Å². The van der Waals surface area contributed by atoms with Gasteiger partial charge in [-0.15, -0.1) is 0 Å². The minimum absolute atomic E-state index is 0.00441. The van der Waals surface area contributed by atoms with Gasteiger partial charge in [-0.1, -0.05) is 20.8 Å². The predicted molar refractivity (Wildman–Crippen MR) is 188 cm³/mol. The molecular formula is C34H58N6O14. The van der Waals surface area contributed by atoms with Crippen LogP contribution < -0.4 is 27.8 Å². The third kappa shape index (κ3) is 15.9. The van der Waals surface area contributed by atoms with Gasteiger partial charge in [0.25, 0.3) is 0 Å². The summed E-state index contributed by atoms with van der Waals surface area (Å²) in [5.74, 6) is -6.37. The maximum absolute atomic E-state index is 13.8. The lowest BCUT2D eigenvalue weighted by atomic mass is 9.95. The lowest BCUT2D eigenvalue weighted by Crippen LogP contribution is -2.67. The van der Waals surface area contributed by atoms with E-state index >= 15 is 0 Å². The van der Waals surface area contributed by atoms with E-state index in [4.69, 9.17) is 40.9 Å². The molecule has 1 aliphatic rings. The third-order valence-electron chi connectivity index (χ3n) is 8.28. The van der Waals surface area contributed by atoms with Crippen molar-refractivity contribution in [2.75, 3.05) is 19.7 Å². The number of nitrogens with zero attached hydrogens (tertiary/aromatic N) is 1. The van der Waals surface area contributed by atoms with Crippen molar-refractivity contribution in [2.24, 2.45) is 17.2 Å². The number of carbonyl (C=O) groups excluding carboxylic acids is 7. The zero-order valence-corrected chi connectivity index (χ0v) is 31.9. The first-order chi connectivity index (χ1) is 25.4. The zero-order valence-electron chi connectivity index (χ0n) is 31.9. The van der Waals surface area contributed by atoms with Crippen LogP contribution in [0.4, 0.5) is 0 Å². The van der Waals surface area contributed by atoms with Crippen LogP contribution in [0.15, 0.2) is 0 Å². The molecule has 20 nitrogen and oxygen atoms in total. The van der Waals surface area contributed by atoms with E-state index in [1.807, 2.05) is 0 Å². The first kappa shape index (κ1) is 47.6. The molecule has 1 unspecified atom stereocenters. The molecule has 9 N–H and O–H groups in total. The maximum Gasteiger partial charge on any atom is 0.326 e. The Morgan fingerprint density at radius 1 is 0.889 bits per heavy atom. The van der Waals surface area contributed by atoms with Gasteiger partial charge in [0, 0.05) is 39.2 Å². The predicted octanol–water partition coefficient (Wildman–Crippen LogP) is -1.27. The van der Waals surface area contributed by atoms with Gasteiger partial charge in [-0.25, -0.2) is 4.79 Å². The van der Waals surface area contributed by atoms with E-state index < -0.39 is 115 Å². The Hall–Kier alpha value is -4.40. The fourth-order valence-electron chi connectivity index (χ4n) is 5.44. The van der Waals surface area contributed by atoms with Crippen molar-refractivity contribution in [1.29, 1.82) is 0 Å². The first-order valence-electron chi connectivity index (χ1n) is 18.1. The molecule has 0 aromatic heterocycles. The number of nitrogens with two attached hydrogens (primary N) is 3. The van der Waals surface area contributed by atoms with Gasteiger partial charge in [-0.05, 0) is 46.1 Å². The van der Waals surface area contributed by atoms with Gasteiger partial charge < -0.3 is 61.5 Å². The lowest BCUT2D eigenvalue weighted by molar-refractivity contribution is -0.280. The molecule has 1 heterocycles. The van der Waals surface area contributed by atoms with Gasteiger partial charge in [0.2, 0.25) is 29.9 Å². The first-order valence-corrected chi connectivity index (χ1v) is 18.1. The number of carbonyl (C=O) groups is 8. The van der Waals surface area contributed by atoms with Crippen LogP contribution >= 0.6 is 0 Å². The number of rotatable bonds is 24. The summed E-state index contributed by atoms with van der Waals surface area (Å²) in [6, 6.07) is -4.98. The van der Waals surface area contributed by atoms with Crippen LogP contribution in [0.25, 0.3) is 0 Å². The largest absolute Gasteiger partial charge is 0.480 e. The number of amides is 4. The molecule has 54 heavy (non-hydrogen) atoms. The summed E-state index contributed by atoms with van der Waals surface area (Å²) in [6.07, 6.45) is -6.74. The van der Waals surface area contributed by atoms with Crippen LogP contribution in [0.5, 0.6) is 0 Å². The third-order valence-corrected chi connectivity index (χ3v) is 8.28. The van der Waals surface area contributed by atoms with E-state index in [9.17, 15) is 43.5 Å². The Morgan fingerprint density at radius 2 is 1.50 bits per heavy atom. The van der Waals surface area contributed by atoms with E-state index in [2.05, 4.69) is 10.6 Å². The van der Waals surface area contributed by atoms with Crippen molar-refractivity contribution < 1.29 is 67.1 Å². The molecule has 9 atom stereocenters. The summed E-state index contributed by atoms with van der Waals surface area (Å²) < 4.78 is 28.9. The molecule has 0 saturated carbocycles. The van der Waals surface area contributed by atoms with Crippen LogP contribution in [0.3, 0.4) is 0 Å². The number of hydrogen-bond donors (Lipinski definition) is 6. The molecule has 20 heteroatoms. The fraction of sp³-hybridized carbons (Fsp3) is 0.765. The van der Waals surface area contributed by atoms with Crippen molar-refractivity contribution in [2.45, 2.75) is 148 Å². The Kier molecular flexibility index (Phi) is 21.2. The number of carboxylic acid groups (broad SMARTS) is 1. The molecule has 0 bridgehead atoms. The van der Waals surface area contributed by atoms with Crippen molar-refractivity contribution in [3.8, 4) is 0 Å². The highest BCUT2D eigenvalue weighted by Crippen LogP contribution is 2.30. The second-order valence-corrected chi connectivity index (χ2v) is 12.8. The average molecular weight is 775 g/mol. The number of aliphatic carboxylic acids is 1. The van der Waals surface area contributed by atoms with Crippen LogP contribution in [-0.4, -0.2) is 132 Å². The highest BCUT2D eigenvalue weighted by molar-refractivity contribution is 5.89. The minimum atomic E-state index is -1.53. The topological polar surface area (TPSA) is 308 Å². The molecule has 0 spiro atoms. The highest BCUT2D eigenvalue weighted by atomic mass is 16.7.